The molecule has 1 saturated carbocycles. The number of likely N-dealkylation sites (tertiary alicyclic amines) is 1. The number of piperidine rings is 1. The number of hydrogen-bond acceptors (Lipinski definition) is 9. The van der Waals surface area contributed by atoms with E-state index in [9.17, 15) is 14.4 Å². The minimum atomic E-state index is -0.751. The number of methoxy groups -OCH3 is 1. The number of rotatable bonds is 13. The summed E-state index contributed by atoms with van der Waals surface area (Å²) in [6.45, 7) is 8.64. The Morgan fingerprint density at radius 3 is 2.27 bits per heavy atom. The lowest BCUT2D eigenvalue weighted by molar-refractivity contribution is -0.135. The predicted octanol–water partition coefficient (Wildman–Crippen LogP) is 7.95. The summed E-state index contributed by atoms with van der Waals surface area (Å²) >= 11 is 19.1. The second kappa shape index (κ2) is 17.5. The van der Waals surface area contributed by atoms with Crippen molar-refractivity contribution in [1.82, 2.24) is 19.8 Å². The van der Waals surface area contributed by atoms with Gasteiger partial charge in [0.25, 0.3) is 5.91 Å². The number of imide groups is 1. The van der Waals surface area contributed by atoms with Crippen molar-refractivity contribution in [3.63, 3.8) is 0 Å². The van der Waals surface area contributed by atoms with E-state index in [-0.39, 0.29) is 48.2 Å². The molecular weight excluding hydrogens is 731 g/mol. The SMILES string of the molecule is COCCCc1cc(C(=O)N(C(=O)[C@H]2CN(C(=O)OC(C)(C)C)CC[C@@H]2c2ccc(OCCOc3c(Cl)cc(C)cc3Cl)nc2)C2CC2)c(Cl)cn1. The number of aromatic nitrogens is 2. The molecule has 14 heteroatoms. The van der Waals surface area contributed by atoms with Crippen molar-refractivity contribution in [3.05, 3.63) is 80.2 Å². The van der Waals surface area contributed by atoms with Crippen LogP contribution in [0.1, 0.15) is 79.6 Å². The number of carbonyl (C=O) groups excluding carboxylic acids is 3. The Morgan fingerprint density at radius 1 is 0.923 bits per heavy atom. The Balaban J connectivity index is 1.34. The topological polar surface area (TPSA) is 120 Å². The van der Waals surface area contributed by atoms with Gasteiger partial charge in [0.15, 0.2) is 5.75 Å². The minimum Gasteiger partial charge on any atom is -0.487 e. The summed E-state index contributed by atoms with van der Waals surface area (Å²) in [4.78, 5) is 53.8. The van der Waals surface area contributed by atoms with E-state index < -0.39 is 23.5 Å². The standard InChI is InChI=1S/C38H45Cl3N4O7/c1-23-17-30(39)34(31(40)18-23)51-16-15-50-33-11-8-24(20-43-33)27-12-13-44(37(48)52-38(2,3)4)22-29(27)36(47)45(26-9-10-26)35(46)28-19-25(7-6-14-49-5)42-21-32(28)41/h8,11,17-21,26-27,29H,6-7,9-10,12-16,22H2,1-5H3/t27-,29+/m1/s1. The summed E-state index contributed by atoms with van der Waals surface area (Å²) in [6.07, 6.45) is 5.76. The Morgan fingerprint density at radius 2 is 1.63 bits per heavy atom. The second-order valence-corrected chi connectivity index (χ2v) is 15.3. The van der Waals surface area contributed by atoms with Gasteiger partial charge in [0, 0.05) is 62.9 Å². The average Bonchev–Trinajstić information content (AvgIpc) is 3.93. The van der Waals surface area contributed by atoms with Gasteiger partial charge in [0.1, 0.15) is 18.8 Å². The van der Waals surface area contributed by atoms with Gasteiger partial charge in [-0.15, -0.1) is 0 Å². The first kappa shape index (κ1) is 39.6. The van der Waals surface area contributed by atoms with Crippen LogP contribution < -0.4 is 9.47 Å². The molecule has 1 aliphatic carbocycles. The highest BCUT2D eigenvalue weighted by molar-refractivity contribution is 6.37. The Hall–Kier alpha value is -3.64. The largest absolute Gasteiger partial charge is 0.487 e. The molecule has 2 aromatic heterocycles. The van der Waals surface area contributed by atoms with E-state index in [1.807, 2.05) is 13.0 Å². The summed E-state index contributed by atoms with van der Waals surface area (Å²) in [5, 5.41) is 1.01. The van der Waals surface area contributed by atoms with E-state index >= 15 is 0 Å². The Bertz CT molecular complexity index is 1720. The van der Waals surface area contributed by atoms with Crippen LogP contribution in [0.4, 0.5) is 4.79 Å². The molecule has 52 heavy (non-hydrogen) atoms. The fourth-order valence-corrected chi connectivity index (χ4v) is 7.06. The molecular formula is C38H45Cl3N4O7. The number of halogens is 3. The number of ether oxygens (including phenoxy) is 4. The first-order chi connectivity index (χ1) is 24.8. The predicted molar refractivity (Wildman–Crippen MR) is 199 cm³/mol. The smallest absolute Gasteiger partial charge is 0.410 e. The summed E-state index contributed by atoms with van der Waals surface area (Å²) < 4.78 is 22.4. The number of nitrogens with zero attached hydrogens (tertiary/aromatic N) is 4. The second-order valence-electron chi connectivity index (χ2n) is 14.1. The fourth-order valence-electron chi connectivity index (χ4n) is 6.17. The van der Waals surface area contributed by atoms with Gasteiger partial charge < -0.3 is 23.8 Å². The lowest BCUT2D eigenvalue weighted by Crippen LogP contribution is -2.52. The summed E-state index contributed by atoms with van der Waals surface area (Å²) in [7, 11) is 1.63. The molecule has 11 nitrogen and oxygen atoms in total. The number of hydrogen-bond donors (Lipinski definition) is 0. The molecule has 2 atom stereocenters. The van der Waals surface area contributed by atoms with Crippen LogP contribution in [0.15, 0.2) is 42.7 Å². The first-order valence-corrected chi connectivity index (χ1v) is 18.5. The van der Waals surface area contributed by atoms with E-state index in [2.05, 4.69) is 9.97 Å². The van der Waals surface area contributed by atoms with Gasteiger partial charge in [-0.05, 0) is 89.1 Å². The van der Waals surface area contributed by atoms with Gasteiger partial charge in [-0.25, -0.2) is 9.78 Å². The molecule has 3 amide bonds. The minimum absolute atomic E-state index is 0.0704. The zero-order valence-electron chi connectivity index (χ0n) is 30.1. The van der Waals surface area contributed by atoms with Crippen molar-refractivity contribution in [1.29, 1.82) is 0 Å². The lowest BCUT2D eigenvalue weighted by atomic mass is 9.80. The van der Waals surface area contributed by atoms with Crippen molar-refractivity contribution in [3.8, 4) is 11.6 Å². The van der Waals surface area contributed by atoms with Gasteiger partial charge in [-0.2, -0.15) is 0 Å². The van der Waals surface area contributed by atoms with Gasteiger partial charge in [0.2, 0.25) is 11.8 Å². The number of carbonyl (C=O) groups is 3. The third-order valence-corrected chi connectivity index (χ3v) is 9.65. The maximum Gasteiger partial charge on any atom is 0.410 e. The lowest BCUT2D eigenvalue weighted by Gasteiger charge is -2.40. The highest BCUT2D eigenvalue weighted by atomic mass is 35.5. The van der Waals surface area contributed by atoms with Crippen molar-refractivity contribution >= 4 is 52.7 Å². The molecule has 1 aliphatic heterocycles. The molecule has 2 aliphatic rings. The molecule has 0 N–H and O–H groups in total. The van der Waals surface area contributed by atoms with E-state index in [0.717, 1.165) is 17.5 Å². The van der Waals surface area contributed by atoms with Crippen LogP contribution in [0.3, 0.4) is 0 Å². The molecule has 0 bridgehead atoms. The monoisotopic (exact) mass is 774 g/mol. The van der Waals surface area contributed by atoms with Gasteiger partial charge in [-0.3, -0.25) is 19.5 Å². The molecule has 0 spiro atoms. The van der Waals surface area contributed by atoms with Gasteiger partial charge >= 0.3 is 6.09 Å². The number of benzene rings is 1. The fraction of sp³-hybridized carbons (Fsp3) is 0.500. The average molecular weight is 776 g/mol. The molecule has 2 fully saturated rings. The van der Waals surface area contributed by atoms with Gasteiger partial charge in [0.05, 0.1) is 26.5 Å². The third-order valence-electron chi connectivity index (χ3n) is 8.78. The number of aryl methyl sites for hydroxylation is 2. The summed E-state index contributed by atoms with van der Waals surface area (Å²) in [5.41, 5.74) is 1.90. The molecule has 3 heterocycles. The van der Waals surface area contributed by atoms with Crippen LogP contribution in [0, 0.1) is 12.8 Å². The van der Waals surface area contributed by atoms with Crippen LogP contribution in [-0.4, -0.2) is 89.3 Å². The first-order valence-electron chi connectivity index (χ1n) is 17.4. The molecule has 0 radical (unpaired) electrons. The van der Waals surface area contributed by atoms with E-state index in [4.69, 9.17) is 53.8 Å². The van der Waals surface area contributed by atoms with Crippen molar-refractivity contribution in [2.45, 2.75) is 77.4 Å². The summed E-state index contributed by atoms with van der Waals surface area (Å²) in [5.74, 6) is -1.18. The highest BCUT2D eigenvalue weighted by Crippen LogP contribution is 2.39. The van der Waals surface area contributed by atoms with Crippen molar-refractivity contribution < 1.29 is 33.3 Å². The van der Waals surface area contributed by atoms with Crippen LogP contribution >= 0.6 is 34.8 Å². The highest BCUT2D eigenvalue weighted by Gasteiger charge is 2.46. The molecule has 3 aromatic rings. The van der Waals surface area contributed by atoms with Crippen LogP contribution in [-0.2, 0) is 20.7 Å². The zero-order valence-corrected chi connectivity index (χ0v) is 32.4. The van der Waals surface area contributed by atoms with Gasteiger partial charge in [-0.1, -0.05) is 40.9 Å². The molecule has 1 saturated heterocycles. The molecule has 280 valence electrons. The van der Waals surface area contributed by atoms with Crippen LogP contribution in [0.5, 0.6) is 11.6 Å². The van der Waals surface area contributed by atoms with E-state index in [1.54, 1.807) is 63.2 Å². The van der Waals surface area contributed by atoms with Crippen molar-refractivity contribution in [2.24, 2.45) is 5.92 Å². The maximum absolute atomic E-state index is 14.6. The molecule has 5 rings (SSSR count). The van der Waals surface area contributed by atoms with Crippen LogP contribution in [0.2, 0.25) is 15.1 Å². The molecule has 0 unspecified atom stereocenters. The molecule has 1 aromatic carbocycles. The maximum atomic E-state index is 14.6. The number of amides is 3. The Kier molecular flexibility index (Phi) is 13.3. The van der Waals surface area contributed by atoms with Crippen LogP contribution in [0.25, 0.3) is 0 Å². The number of pyridine rings is 2. The third kappa shape index (κ3) is 10.3. The quantitative estimate of drug-likeness (QED) is 0.126. The normalized spacial score (nSPS) is 17.4. The van der Waals surface area contributed by atoms with Crippen molar-refractivity contribution in [2.75, 3.05) is 40.0 Å². The van der Waals surface area contributed by atoms with E-state index in [0.29, 0.717) is 66.2 Å². The van der Waals surface area contributed by atoms with E-state index in [1.165, 1.54) is 11.1 Å². The summed E-state index contributed by atoms with van der Waals surface area (Å²) in [6, 6.07) is 8.53. The Labute approximate surface area is 319 Å². The zero-order chi connectivity index (χ0) is 37.6.